The molecule has 4 aromatic heterocycles. The number of hydrogen-bond acceptors (Lipinski definition) is 11. The first-order valence-corrected chi connectivity index (χ1v) is 27.6. The summed E-state index contributed by atoms with van der Waals surface area (Å²) in [5, 5.41) is 14.6. The molecule has 0 N–H and O–H groups in total. The number of Topliss-reactive ketones (excluding diaryl/α,β-unsaturated/α-hetero) is 2. The second-order valence-corrected chi connectivity index (χ2v) is 19.7. The minimum Gasteiger partial charge on any atom is -0.368 e. The number of aryl methyl sites for hydroxylation is 2. The van der Waals surface area contributed by atoms with Crippen molar-refractivity contribution in [3.8, 4) is 28.3 Å². The van der Waals surface area contributed by atoms with Crippen molar-refractivity contribution in [3.05, 3.63) is 132 Å². The van der Waals surface area contributed by atoms with Gasteiger partial charge in [-0.1, -0.05) is 89.6 Å². The van der Waals surface area contributed by atoms with Gasteiger partial charge in [0.15, 0.2) is 0 Å². The number of aromatic nitrogens is 4. The fraction of sp³-hybridized carbons (Fsp3) is 0.452. The predicted molar refractivity (Wildman–Crippen MR) is 306 cm³/mol. The number of carbonyl (C=O) groups is 4. The van der Waals surface area contributed by atoms with Crippen molar-refractivity contribution in [1.29, 1.82) is 5.26 Å². The molecule has 3 saturated heterocycles. The lowest BCUT2D eigenvalue weighted by molar-refractivity contribution is -0.133. The van der Waals surface area contributed by atoms with Crippen LogP contribution < -0.4 is 9.80 Å². The van der Waals surface area contributed by atoms with Crippen molar-refractivity contribution in [2.24, 2.45) is 5.92 Å². The molecule has 0 spiro atoms. The molecule has 3 aliphatic rings. The number of likely N-dealkylation sites (tertiary alicyclic amines) is 1. The second-order valence-electron chi connectivity index (χ2n) is 19.7. The van der Waals surface area contributed by atoms with Gasteiger partial charge in [0.25, 0.3) is 0 Å². The molecule has 3 fully saturated rings. The maximum Gasteiger partial charge on any atom is 0.236 e. The summed E-state index contributed by atoms with van der Waals surface area (Å²) in [7, 11) is 0. The van der Waals surface area contributed by atoms with Crippen LogP contribution in [0.4, 0.5) is 11.5 Å². The van der Waals surface area contributed by atoms with Crippen LogP contribution in [0.15, 0.2) is 104 Å². The van der Waals surface area contributed by atoms with E-state index in [0.29, 0.717) is 63.5 Å². The SMILES string of the molecule is CC.CC.CC(=O)CCC(C)C(C)=O.CCc1ccc(CC(=O)N2CCN(c3ccc(-c4cc(-c5ccc(N6CCN(C(=O)CN7CCC(c8ccc(C)cc8)CC7)CC6)cc5)cn5ncc(C#N)c45)cn3)CC2)nc1. The van der Waals surface area contributed by atoms with Crippen molar-refractivity contribution in [2.45, 2.75) is 107 Å². The number of amides is 2. The molecule has 0 saturated carbocycles. The van der Waals surface area contributed by atoms with E-state index < -0.39 is 0 Å². The van der Waals surface area contributed by atoms with Crippen LogP contribution in [0.2, 0.25) is 0 Å². The quantitative estimate of drug-likeness (QED) is 0.103. The Bertz CT molecular complexity index is 2850. The molecule has 9 rings (SSSR count). The van der Waals surface area contributed by atoms with E-state index >= 15 is 0 Å². The number of piperidine rings is 1. The number of nitrogens with zero attached hydrogens (tertiary/aromatic N) is 10. The molecule has 1 atom stereocenters. The minimum atomic E-state index is 0.0453. The van der Waals surface area contributed by atoms with Gasteiger partial charge < -0.3 is 24.4 Å². The number of rotatable bonds is 14. The van der Waals surface area contributed by atoms with Crippen molar-refractivity contribution < 1.29 is 19.2 Å². The summed E-state index contributed by atoms with van der Waals surface area (Å²) in [6, 6.07) is 30.0. The summed E-state index contributed by atoms with van der Waals surface area (Å²) < 4.78 is 1.79. The highest BCUT2D eigenvalue weighted by atomic mass is 16.2. The number of carbonyl (C=O) groups excluding carboxylic acids is 4. The van der Waals surface area contributed by atoms with Gasteiger partial charge in [-0.2, -0.15) is 10.4 Å². The van der Waals surface area contributed by atoms with Crippen molar-refractivity contribution in [3.63, 3.8) is 0 Å². The molecule has 14 nitrogen and oxygen atoms in total. The lowest BCUT2D eigenvalue weighted by Crippen LogP contribution is -2.51. The molecule has 6 aromatic rings. The Morgan fingerprint density at radius 2 is 1.33 bits per heavy atom. The molecule has 2 aromatic carbocycles. The molecule has 2 amide bonds. The van der Waals surface area contributed by atoms with Crippen molar-refractivity contribution in [1.82, 2.24) is 34.3 Å². The third kappa shape index (κ3) is 15.4. The molecule has 3 aliphatic heterocycles. The highest BCUT2D eigenvalue weighted by molar-refractivity contribution is 5.88. The Kier molecular flexibility index (Phi) is 21.8. The Labute approximate surface area is 451 Å². The first-order valence-electron chi connectivity index (χ1n) is 27.6. The third-order valence-electron chi connectivity index (χ3n) is 14.7. The van der Waals surface area contributed by atoms with Gasteiger partial charge in [0.1, 0.15) is 23.5 Å². The maximum absolute atomic E-state index is 13.3. The zero-order chi connectivity index (χ0) is 54.7. The Hall–Kier alpha value is -7.24. The van der Waals surface area contributed by atoms with E-state index in [9.17, 15) is 24.4 Å². The van der Waals surface area contributed by atoms with E-state index in [4.69, 9.17) is 4.98 Å². The molecule has 0 bridgehead atoms. The zero-order valence-electron chi connectivity index (χ0n) is 46.6. The van der Waals surface area contributed by atoms with Gasteiger partial charge in [0, 0.05) is 111 Å². The molecule has 0 aliphatic carbocycles. The van der Waals surface area contributed by atoms with E-state index in [2.05, 4.69) is 105 Å². The Morgan fingerprint density at radius 3 is 1.89 bits per heavy atom. The monoisotopic (exact) mass is 1030 g/mol. The summed E-state index contributed by atoms with van der Waals surface area (Å²) in [4.78, 5) is 67.7. The van der Waals surface area contributed by atoms with E-state index in [1.807, 2.05) is 81.2 Å². The average Bonchev–Trinajstić information content (AvgIpc) is 3.90. The highest BCUT2D eigenvalue weighted by Gasteiger charge is 2.27. The van der Waals surface area contributed by atoms with Crippen molar-refractivity contribution >= 4 is 40.4 Å². The molecular weight excluding hydrogens is 949 g/mol. The molecule has 14 heteroatoms. The fourth-order valence-electron chi connectivity index (χ4n) is 9.79. The summed E-state index contributed by atoms with van der Waals surface area (Å²) >= 11 is 0. The van der Waals surface area contributed by atoms with Crippen LogP contribution in [-0.2, 0) is 32.0 Å². The van der Waals surface area contributed by atoms with Crippen molar-refractivity contribution in [2.75, 3.05) is 81.8 Å². The Balaban J connectivity index is 0.000000597. The number of ketones is 2. The first-order chi connectivity index (χ1) is 36.8. The molecule has 0 radical (unpaired) electrons. The normalized spacial score (nSPS) is 15.3. The van der Waals surface area contributed by atoms with Crippen LogP contribution in [0.3, 0.4) is 0 Å². The van der Waals surface area contributed by atoms with Crippen LogP contribution in [0.1, 0.15) is 115 Å². The predicted octanol–water partition coefficient (Wildman–Crippen LogP) is 10.3. The van der Waals surface area contributed by atoms with Gasteiger partial charge in [-0.25, -0.2) is 9.50 Å². The van der Waals surface area contributed by atoms with Crippen LogP contribution in [-0.4, -0.2) is 130 Å². The van der Waals surface area contributed by atoms with Gasteiger partial charge in [-0.05, 0) is 119 Å². The van der Waals surface area contributed by atoms with Crippen LogP contribution in [0.5, 0.6) is 0 Å². The second kappa shape index (κ2) is 28.6. The number of pyridine rings is 3. The van der Waals surface area contributed by atoms with E-state index in [-0.39, 0.29) is 29.3 Å². The lowest BCUT2D eigenvalue weighted by Gasteiger charge is -2.38. The molecular formula is C62H80N10O4. The van der Waals surface area contributed by atoms with Gasteiger partial charge in [0.2, 0.25) is 11.8 Å². The largest absolute Gasteiger partial charge is 0.368 e. The first kappa shape index (κ1) is 58.0. The Morgan fingerprint density at radius 1 is 0.697 bits per heavy atom. The summed E-state index contributed by atoms with van der Waals surface area (Å²) in [5.74, 6) is 2.14. The zero-order valence-corrected chi connectivity index (χ0v) is 46.6. The number of anilines is 2. The number of piperazine rings is 2. The number of nitriles is 1. The summed E-state index contributed by atoms with van der Waals surface area (Å²) in [6.45, 7) is 25.3. The van der Waals surface area contributed by atoms with E-state index in [1.165, 1.54) is 16.7 Å². The van der Waals surface area contributed by atoms with E-state index in [0.717, 1.165) is 104 Å². The molecule has 7 heterocycles. The minimum absolute atomic E-state index is 0.0453. The maximum atomic E-state index is 13.3. The summed E-state index contributed by atoms with van der Waals surface area (Å²) in [5.41, 5.74) is 10.9. The molecule has 402 valence electrons. The molecule has 76 heavy (non-hydrogen) atoms. The topological polar surface area (TPSA) is 151 Å². The van der Waals surface area contributed by atoms with Gasteiger partial charge in [-0.3, -0.25) is 24.3 Å². The number of hydrogen-bond donors (Lipinski definition) is 0. The smallest absolute Gasteiger partial charge is 0.236 e. The number of fused-ring (bicyclic) bond motifs is 1. The highest BCUT2D eigenvalue weighted by Crippen LogP contribution is 2.34. The third-order valence-corrected chi connectivity index (χ3v) is 14.7. The van der Waals surface area contributed by atoms with Gasteiger partial charge >= 0.3 is 0 Å². The number of benzene rings is 2. The molecule has 1 unspecified atom stereocenters. The average molecular weight is 1030 g/mol. The summed E-state index contributed by atoms with van der Waals surface area (Å²) in [6.07, 6.45) is 12.0. The van der Waals surface area contributed by atoms with Gasteiger partial charge in [0.05, 0.1) is 30.2 Å². The fourth-order valence-corrected chi connectivity index (χ4v) is 9.79. The van der Waals surface area contributed by atoms with Gasteiger partial charge in [-0.15, -0.1) is 0 Å². The van der Waals surface area contributed by atoms with Crippen LogP contribution in [0, 0.1) is 24.2 Å². The standard InChI is InChI=1S/C50H54N10O2.C8H14O2.2C2H6/c1-3-37-6-12-44(52-31-37)29-48(61)58-26-22-57(23-27-58)47-15-11-41(32-53-47)46-28-42(34-60-50(46)43(30-51)33-54-60)39-9-13-45(14-10-39)56-20-24-59(25-21-56)49(62)35-55-18-16-40(17-19-55)38-7-4-36(2)5-8-38;1-6(8(3)10)4-5-7(2)9;2*1-2/h4-15,28,31-34,40H,3,16-27,29,35H2,1-2H3;6H,4-5H2,1-3H3;2*1-2H3. The lowest BCUT2D eigenvalue weighted by atomic mass is 9.89. The van der Waals surface area contributed by atoms with Crippen LogP contribution in [0.25, 0.3) is 27.8 Å². The van der Waals surface area contributed by atoms with E-state index in [1.54, 1.807) is 24.6 Å². The van der Waals surface area contributed by atoms with Crippen LogP contribution >= 0.6 is 0 Å².